The zero-order valence-corrected chi connectivity index (χ0v) is 23.1. The maximum atomic E-state index is 6.95. The minimum atomic E-state index is 0.325. The van der Waals surface area contributed by atoms with Crippen LogP contribution in [0.1, 0.15) is 128 Å². The van der Waals surface area contributed by atoms with E-state index in [1.807, 2.05) is 0 Å². The first-order chi connectivity index (χ1) is 17.3. The molecule has 2 aromatic rings. The fourth-order valence-corrected chi connectivity index (χ4v) is 5.12. The van der Waals surface area contributed by atoms with Gasteiger partial charge in [0.05, 0.1) is 12.2 Å². The van der Waals surface area contributed by atoms with Gasteiger partial charge in [-0.15, -0.1) is 0 Å². The van der Waals surface area contributed by atoms with Gasteiger partial charge in [-0.2, -0.15) is 0 Å². The van der Waals surface area contributed by atoms with Crippen LogP contribution in [0.3, 0.4) is 0 Å². The van der Waals surface area contributed by atoms with Crippen LogP contribution in [0.15, 0.2) is 60.7 Å². The molecule has 1 heteroatoms. The van der Waals surface area contributed by atoms with Crippen molar-refractivity contribution in [3.8, 4) is 0 Å². The van der Waals surface area contributed by atoms with Crippen molar-refractivity contribution in [1.29, 1.82) is 0 Å². The fraction of sp³-hybridized carbons (Fsp3) is 0.647. The molecule has 0 aliphatic carbocycles. The molecule has 2 unspecified atom stereocenters. The van der Waals surface area contributed by atoms with E-state index in [0.29, 0.717) is 12.2 Å². The van der Waals surface area contributed by atoms with E-state index in [1.165, 1.54) is 114 Å². The quantitative estimate of drug-likeness (QED) is 0.153. The van der Waals surface area contributed by atoms with Crippen LogP contribution in [0.5, 0.6) is 0 Å². The van der Waals surface area contributed by atoms with Gasteiger partial charge in [-0.1, -0.05) is 164 Å². The number of benzene rings is 2. The molecule has 0 bridgehead atoms. The Bertz CT molecular complexity index is 634. The van der Waals surface area contributed by atoms with Crippen LogP contribution in [-0.4, -0.2) is 12.2 Å². The molecule has 196 valence electrons. The largest absolute Gasteiger partial charge is 0.374 e. The molecular weight excluding hydrogens is 424 g/mol. The molecule has 0 heterocycles. The number of hydrogen-bond acceptors (Lipinski definition) is 1. The predicted molar refractivity (Wildman–Crippen MR) is 154 cm³/mol. The molecule has 0 saturated heterocycles. The van der Waals surface area contributed by atoms with Crippen molar-refractivity contribution in [3.63, 3.8) is 0 Å². The Morgan fingerprint density at radius 3 is 1.17 bits per heavy atom. The first-order valence-corrected chi connectivity index (χ1v) is 15.0. The highest BCUT2D eigenvalue weighted by atomic mass is 16.5. The Hall–Kier alpha value is -1.60. The number of rotatable bonds is 22. The molecule has 2 rings (SSSR count). The minimum absolute atomic E-state index is 0.325. The summed E-state index contributed by atoms with van der Waals surface area (Å²) in [5.41, 5.74) is 2.82. The summed E-state index contributed by atoms with van der Waals surface area (Å²) in [7, 11) is 0. The lowest BCUT2D eigenvalue weighted by Crippen LogP contribution is -2.26. The van der Waals surface area contributed by atoms with Gasteiger partial charge in [0, 0.05) is 0 Å². The SMILES string of the molecule is CCCCCCCCCC(Cc1ccccc1)OC(CCCCCCCCC)Cc1ccccc1. The molecule has 0 fully saturated rings. The van der Waals surface area contributed by atoms with Gasteiger partial charge in [0.25, 0.3) is 0 Å². The molecule has 0 saturated carbocycles. The van der Waals surface area contributed by atoms with E-state index in [0.717, 1.165) is 12.8 Å². The third kappa shape index (κ3) is 15.2. The Labute approximate surface area is 218 Å². The molecule has 2 atom stereocenters. The lowest BCUT2D eigenvalue weighted by Gasteiger charge is -2.26. The van der Waals surface area contributed by atoms with Crippen LogP contribution < -0.4 is 0 Å². The van der Waals surface area contributed by atoms with Crippen LogP contribution in [0.25, 0.3) is 0 Å². The van der Waals surface area contributed by atoms with Crippen molar-refractivity contribution < 1.29 is 4.74 Å². The van der Waals surface area contributed by atoms with E-state index < -0.39 is 0 Å². The van der Waals surface area contributed by atoms with Gasteiger partial charge < -0.3 is 4.74 Å². The summed E-state index contributed by atoms with van der Waals surface area (Å²) in [6.07, 6.45) is 24.2. The van der Waals surface area contributed by atoms with Crippen molar-refractivity contribution in [1.82, 2.24) is 0 Å². The van der Waals surface area contributed by atoms with Crippen LogP contribution >= 0.6 is 0 Å². The highest BCUT2D eigenvalue weighted by Crippen LogP contribution is 2.21. The summed E-state index contributed by atoms with van der Waals surface area (Å²) in [4.78, 5) is 0. The Balaban J connectivity index is 1.90. The number of unbranched alkanes of at least 4 members (excludes halogenated alkanes) is 12. The first-order valence-electron chi connectivity index (χ1n) is 15.0. The highest BCUT2D eigenvalue weighted by molar-refractivity contribution is 5.16. The third-order valence-electron chi connectivity index (χ3n) is 7.26. The zero-order valence-electron chi connectivity index (χ0n) is 23.1. The summed E-state index contributed by atoms with van der Waals surface area (Å²) in [5.74, 6) is 0. The summed E-state index contributed by atoms with van der Waals surface area (Å²) < 4.78 is 6.95. The van der Waals surface area contributed by atoms with Gasteiger partial charge in [0.15, 0.2) is 0 Å². The molecule has 2 aromatic carbocycles. The molecule has 0 amide bonds. The average molecular weight is 479 g/mol. The van der Waals surface area contributed by atoms with Crippen molar-refractivity contribution >= 4 is 0 Å². The highest BCUT2D eigenvalue weighted by Gasteiger charge is 2.18. The fourth-order valence-electron chi connectivity index (χ4n) is 5.12. The summed E-state index contributed by atoms with van der Waals surface area (Å²) in [6.45, 7) is 4.59. The number of ether oxygens (including phenoxy) is 1. The van der Waals surface area contributed by atoms with Crippen molar-refractivity contribution in [2.75, 3.05) is 0 Å². The molecular formula is C34H54O. The summed E-state index contributed by atoms with van der Waals surface area (Å²) in [5, 5.41) is 0. The molecule has 0 aliphatic rings. The normalized spacial score (nSPS) is 13.1. The minimum Gasteiger partial charge on any atom is -0.374 e. The van der Waals surface area contributed by atoms with E-state index in [2.05, 4.69) is 74.5 Å². The van der Waals surface area contributed by atoms with Gasteiger partial charge in [0.2, 0.25) is 0 Å². The smallest absolute Gasteiger partial charge is 0.0619 e. The van der Waals surface area contributed by atoms with Crippen LogP contribution in [-0.2, 0) is 17.6 Å². The second-order valence-corrected chi connectivity index (χ2v) is 10.6. The van der Waals surface area contributed by atoms with E-state index >= 15 is 0 Å². The lowest BCUT2D eigenvalue weighted by atomic mass is 9.99. The zero-order chi connectivity index (χ0) is 24.8. The number of hydrogen-bond donors (Lipinski definition) is 0. The molecule has 0 spiro atoms. The lowest BCUT2D eigenvalue weighted by molar-refractivity contribution is -0.0217. The Morgan fingerprint density at radius 1 is 0.457 bits per heavy atom. The van der Waals surface area contributed by atoms with E-state index in [9.17, 15) is 0 Å². The van der Waals surface area contributed by atoms with Crippen molar-refractivity contribution in [3.05, 3.63) is 71.8 Å². The van der Waals surface area contributed by atoms with E-state index in [4.69, 9.17) is 4.74 Å². The first kappa shape index (κ1) is 29.6. The molecule has 0 aromatic heterocycles. The second-order valence-electron chi connectivity index (χ2n) is 10.6. The van der Waals surface area contributed by atoms with Gasteiger partial charge in [-0.3, -0.25) is 0 Å². The predicted octanol–water partition coefficient (Wildman–Crippen LogP) is 10.5. The van der Waals surface area contributed by atoms with Crippen LogP contribution in [0.2, 0.25) is 0 Å². The van der Waals surface area contributed by atoms with Gasteiger partial charge in [0.1, 0.15) is 0 Å². The van der Waals surface area contributed by atoms with Crippen molar-refractivity contribution in [2.45, 2.75) is 142 Å². The average Bonchev–Trinajstić information content (AvgIpc) is 2.88. The topological polar surface area (TPSA) is 9.23 Å². The third-order valence-corrected chi connectivity index (χ3v) is 7.26. The maximum absolute atomic E-state index is 6.95. The van der Waals surface area contributed by atoms with E-state index in [1.54, 1.807) is 0 Å². The molecule has 0 radical (unpaired) electrons. The van der Waals surface area contributed by atoms with Gasteiger partial charge in [-0.25, -0.2) is 0 Å². The maximum Gasteiger partial charge on any atom is 0.0619 e. The second kappa shape index (κ2) is 20.6. The monoisotopic (exact) mass is 478 g/mol. The molecule has 0 aliphatic heterocycles. The van der Waals surface area contributed by atoms with Gasteiger partial charge in [-0.05, 0) is 36.8 Å². The molecule has 0 N–H and O–H groups in total. The Kier molecular flexibility index (Phi) is 17.4. The summed E-state index contributed by atoms with van der Waals surface area (Å²) >= 11 is 0. The van der Waals surface area contributed by atoms with E-state index in [-0.39, 0.29) is 0 Å². The van der Waals surface area contributed by atoms with Gasteiger partial charge >= 0.3 is 0 Å². The van der Waals surface area contributed by atoms with Crippen molar-refractivity contribution in [2.24, 2.45) is 0 Å². The van der Waals surface area contributed by atoms with Crippen LogP contribution in [0, 0.1) is 0 Å². The summed E-state index contributed by atoms with van der Waals surface area (Å²) in [6, 6.07) is 22.0. The molecule has 1 nitrogen and oxygen atoms in total. The Morgan fingerprint density at radius 2 is 0.800 bits per heavy atom. The standard InChI is InChI=1S/C34H54O/c1-3-5-7-9-11-13-21-27-33(29-31-23-17-15-18-24-31)35-34(30-32-25-19-16-20-26-32)28-22-14-12-10-8-6-4-2/h15-20,23-26,33-34H,3-14,21-22,27-30H2,1-2H3. The van der Waals surface area contributed by atoms with Crippen LogP contribution in [0.4, 0.5) is 0 Å². The molecule has 35 heavy (non-hydrogen) atoms.